The number of anilines is 1. The largest absolute Gasteiger partial charge is 0.297 e. The van der Waals surface area contributed by atoms with Gasteiger partial charge < -0.3 is 0 Å². The van der Waals surface area contributed by atoms with Crippen molar-refractivity contribution in [1.82, 2.24) is 4.98 Å². The lowest BCUT2D eigenvalue weighted by Gasteiger charge is -1.96. The number of hydrogen-bond acceptors (Lipinski definition) is 4. The molecule has 2 aromatic heterocycles. The summed E-state index contributed by atoms with van der Waals surface area (Å²) in [6, 6.07) is 1.85. The molecular formula is C9H6Br2N2OS2. The molecule has 0 aromatic carbocycles. The molecule has 2 aromatic rings. The Labute approximate surface area is 117 Å². The number of aryl methyl sites for hydroxylation is 1. The zero-order valence-corrected chi connectivity index (χ0v) is 12.9. The molecule has 16 heavy (non-hydrogen) atoms. The van der Waals surface area contributed by atoms with Gasteiger partial charge in [0.1, 0.15) is 0 Å². The van der Waals surface area contributed by atoms with E-state index in [0.717, 1.165) is 13.1 Å². The molecule has 2 heterocycles. The number of carbonyl (C=O) groups is 1. The van der Waals surface area contributed by atoms with E-state index in [0.29, 0.717) is 10.0 Å². The minimum atomic E-state index is -0.124. The summed E-state index contributed by atoms with van der Waals surface area (Å²) in [4.78, 5) is 16.5. The van der Waals surface area contributed by atoms with Crippen LogP contribution in [0.3, 0.4) is 0 Å². The van der Waals surface area contributed by atoms with E-state index < -0.39 is 0 Å². The standard InChI is InChI=1S/C9H6Br2N2OS2/c1-4-2-5(15-7(4)11)8(14)13-9-12-3-6(10)16-9/h2-3H,1H3,(H,12,13,14). The maximum Gasteiger partial charge on any atom is 0.267 e. The summed E-state index contributed by atoms with van der Waals surface area (Å²) in [6.07, 6.45) is 1.66. The van der Waals surface area contributed by atoms with Crippen molar-refractivity contribution in [2.45, 2.75) is 6.92 Å². The smallest absolute Gasteiger partial charge is 0.267 e. The predicted molar refractivity (Wildman–Crippen MR) is 74.5 cm³/mol. The van der Waals surface area contributed by atoms with E-state index in [4.69, 9.17) is 0 Å². The second-order valence-electron chi connectivity index (χ2n) is 2.99. The van der Waals surface area contributed by atoms with E-state index in [1.54, 1.807) is 6.20 Å². The quantitative estimate of drug-likeness (QED) is 0.842. The molecule has 0 spiro atoms. The van der Waals surface area contributed by atoms with Gasteiger partial charge in [-0.2, -0.15) is 0 Å². The molecule has 0 aliphatic rings. The van der Waals surface area contributed by atoms with Crippen molar-refractivity contribution in [3.8, 4) is 0 Å². The summed E-state index contributed by atoms with van der Waals surface area (Å²) in [5, 5.41) is 3.34. The maximum absolute atomic E-state index is 11.8. The number of amides is 1. The van der Waals surface area contributed by atoms with Crippen molar-refractivity contribution in [2.75, 3.05) is 5.32 Å². The van der Waals surface area contributed by atoms with E-state index in [2.05, 4.69) is 42.2 Å². The predicted octanol–water partition coefficient (Wildman–Crippen LogP) is 4.29. The van der Waals surface area contributed by atoms with E-state index in [-0.39, 0.29) is 5.91 Å². The topological polar surface area (TPSA) is 42.0 Å². The van der Waals surface area contributed by atoms with Crippen molar-refractivity contribution < 1.29 is 4.79 Å². The summed E-state index contributed by atoms with van der Waals surface area (Å²) >= 11 is 9.49. The number of nitrogens with zero attached hydrogens (tertiary/aromatic N) is 1. The van der Waals surface area contributed by atoms with Gasteiger partial charge in [-0.05, 0) is 50.4 Å². The minimum absolute atomic E-state index is 0.124. The third-order valence-corrected chi connectivity index (χ3v) is 5.31. The van der Waals surface area contributed by atoms with Gasteiger partial charge in [0.25, 0.3) is 5.91 Å². The van der Waals surface area contributed by atoms with Crippen molar-refractivity contribution in [3.05, 3.63) is 30.3 Å². The summed E-state index contributed by atoms with van der Waals surface area (Å²) in [7, 11) is 0. The number of thiazole rings is 1. The van der Waals surface area contributed by atoms with Gasteiger partial charge in [0.15, 0.2) is 5.13 Å². The number of nitrogens with one attached hydrogen (secondary N) is 1. The van der Waals surface area contributed by atoms with Gasteiger partial charge in [-0.25, -0.2) is 4.98 Å². The van der Waals surface area contributed by atoms with Crippen LogP contribution in [0.15, 0.2) is 19.8 Å². The Morgan fingerprint density at radius 1 is 1.44 bits per heavy atom. The molecule has 1 N–H and O–H groups in total. The van der Waals surface area contributed by atoms with Crippen LogP contribution >= 0.6 is 54.5 Å². The molecule has 0 unspecified atom stereocenters. The summed E-state index contributed by atoms with van der Waals surface area (Å²) in [5.74, 6) is -0.124. The fourth-order valence-electron chi connectivity index (χ4n) is 1.04. The average molecular weight is 382 g/mol. The first kappa shape index (κ1) is 12.2. The Bertz CT molecular complexity index is 516. The van der Waals surface area contributed by atoms with Crippen LogP contribution < -0.4 is 5.32 Å². The molecule has 0 saturated carbocycles. The third-order valence-electron chi connectivity index (χ3n) is 1.78. The first-order valence-corrected chi connectivity index (χ1v) is 7.47. The van der Waals surface area contributed by atoms with Gasteiger partial charge in [0.2, 0.25) is 0 Å². The van der Waals surface area contributed by atoms with E-state index >= 15 is 0 Å². The molecule has 1 amide bonds. The van der Waals surface area contributed by atoms with E-state index in [9.17, 15) is 4.79 Å². The minimum Gasteiger partial charge on any atom is -0.297 e. The zero-order chi connectivity index (χ0) is 11.7. The molecule has 0 aliphatic heterocycles. The molecule has 3 nitrogen and oxygen atoms in total. The second-order valence-corrected chi connectivity index (χ2v) is 7.77. The molecule has 0 fully saturated rings. The van der Waals surface area contributed by atoms with Crippen LogP contribution in [0.4, 0.5) is 5.13 Å². The number of rotatable bonds is 2. The molecule has 0 saturated heterocycles. The van der Waals surface area contributed by atoms with Gasteiger partial charge in [0, 0.05) is 0 Å². The number of carbonyl (C=O) groups excluding carboxylic acids is 1. The fraction of sp³-hybridized carbons (Fsp3) is 0.111. The number of aromatic nitrogens is 1. The van der Waals surface area contributed by atoms with Gasteiger partial charge in [-0.3, -0.25) is 10.1 Å². The van der Waals surface area contributed by atoms with Gasteiger partial charge in [0.05, 0.1) is 18.6 Å². The van der Waals surface area contributed by atoms with Crippen LogP contribution in [0.1, 0.15) is 15.2 Å². The van der Waals surface area contributed by atoms with Crippen molar-refractivity contribution in [1.29, 1.82) is 0 Å². The Morgan fingerprint density at radius 2 is 2.19 bits per heavy atom. The number of thiophene rings is 1. The van der Waals surface area contributed by atoms with Gasteiger partial charge in [-0.15, -0.1) is 11.3 Å². The molecule has 84 valence electrons. The molecule has 0 aliphatic carbocycles. The van der Waals surface area contributed by atoms with Crippen LogP contribution in [0.25, 0.3) is 0 Å². The number of hydrogen-bond donors (Lipinski definition) is 1. The summed E-state index contributed by atoms with van der Waals surface area (Å²) < 4.78 is 1.88. The monoisotopic (exact) mass is 380 g/mol. The Kier molecular flexibility index (Phi) is 3.78. The van der Waals surface area contributed by atoms with Crippen LogP contribution in [-0.4, -0.2) is 10.9 Å². The van der Waals surface area contributed by atoms with E-state index in [1.807, 2.05) is 13.0 Å². The highest BCUT2D eigenvalue weighted by molar-refractivity contribution is 9.11. The van der Waals surface area contributed by atoms with E-state index in [1.165, 1.54) is 22.7 Å². The molecule has 2 rings (SSSR count). The zero-order valence-electron chi connectivity index (χ0n) is 8.08. The highest BCUT2D eigenvalue weighted by Gasteiger charge is 2.12. The maximum atomic E-state index is 11.8. The molecule has 0 radical (unpaired) electrons. The lowest BCUT2D eigenvalue weighted by molar-refractivity contribution is 0.103. The van der Waals surface area contributed by atoms with Crippen LogP contribution in [0.5, 0.6) is 0 Å². The molecular weight excluding hydrogens is 376 g/mol. The number of halogens is 2. The SMILES string of the molecule is Cc1cc(C(=O)Nc2ncc(Br)s2)sc1Br. The van der Waals surface area contributed by atoms with Crippen LogP contribution in [-0.2, 0) is 0 Å². The first-order chi connectivity index (χ1) is 7.56. The van der Waals surface area contributed by atoms with Crippen molar-refractivity contribution >= 4 is 65.6 Å². The lowest BCUT2D eigenvalue weighted by atomic mass is 10.3. The van der Waals surface area contributed by atoms with Crippen LogP contribution in [0, 0.1) is 6.92 Å². The summed E-state index contributed by atoms with van der Waals surface area (Å²) in [6.45, 7) is 1.96. The Balaban J connectivity index is 2.14. The van der Waals surface area contributed by atoms with Crippen LogP contribution in [0.2, 0.25) is 0 Å². The Morgan fingerprint density at radius 3 is 2.69 bits per heavy atom. The fourth-order valence-corrected chi connectivity index (χ4v) is 3.57. The lowest BCUT2D eigenvalue weighted by Crippen LogP contribution is -2.09. The molecule has 0 bridgehead atoms. The average Bonchev–Trinajstić information content (AvgIpc) is 2.75. The van der Waals surface area contributed by atoms with Gasteiger partial charge >= 0.3 is 0 Å². The Hall–Kier alpha value is -0.240. The molecule has 0 atom stereocenters. The second kappa shape index (κ2) is 4.95. The first-order valence-electron chi connectivity index (χ1n) is 4.25. The normalized spacial score (nSPS) is 10.4. The summed E-state index contributed by atoms with van der Waals surface area (Å²) in [5.41, 5.74) is 1.07. The third kappa shape index (κ3) is 2.71. The van der Waals surface area contributed by atoms with Gasteiger partial charge in [-0.1, -0.05) is 11.3 Å². The van der Waals surface area contributed by atoms with Crippen molar-refractivity contribution in [3.63, 3.8) is 0 Å². The van der Waals surface area contributed by atoms with Crippen molar-refractivity contribution in [2.24, 2.45) is 0 Å². The highest BCUT2D eigenvalue weighted by atomic mass is 79.9. The molecule has 7 heteroatoms. The highest BCUT2D eigenvalue weighted by Crippen LogP contribution is 2.29.